The number of fused-ring (bicyclic) bond motifs is 1. The van der Waals surface area contributed by atoms with Crippen molar-refractivity contribution in [3.63, 3.8) is 0 Å². The average Bonchev–Trinajstić information content (AvgIpc) is 3.88. The number of amides is 2. The number of carbonyl (C=O) groups excluding carboxylic acids is 3. The molecule has 0 spiro atoms. The monoisotopic (exact) mass is 847 g/mol. The number of hydrogen-bond donors (Lipinski definition) is 4. The summed E-state index contributed by atoms with van der Waals surface area (Å²) in [5.41, 5.74) is 5.49. The van der Waals surface area contributed by atoms with Crippen molar-refractivity contribution < 1.29 is 14.4 Å². The second-order valence-electron chi connectivity index (χ2n) is 16.2. The summed E-state index contributed by atoms with van der Waals surface area (Å²) in [7, 11) is 0. The first-order chi connectivity index (χ1) is 29.4. The highest BCUT2D eigenvalue weighted by Crippen LogP contribution is 2.32. The number of hydrogen-bond acceptors (Lipinski definition) is 13. The maximum Gasteiger partial charge on any atom is 0.263 e. The molecule has 2 aliphatic rings. The lowest BCUT2D eigenvalue weighted by Crippen LogP contribution is -2.49. The van der Waals surface area contributed by atoms with E-state index in [9.17, 15) is 19.2 Å². The Kier molecular flexibility index (Phi) is 14.0. The molecule has 4 N–H and O–H groups in total. The largest absolute Gasteiger partial charge is 0.385 e. The molecule has 2 fully saturated rings. The number of pyridine rings is 2. The van der Waals surface area contributed by atoms with Crippen LogP contribution in [0.5, 0.6) is 0 Å². The van der Waals surface area contributed by atoms with Gasteiger partial charge < -0.3 is 20.9 Å². The van der Waals surface area contributed by atoms with Crippen molar-refractivity contribution >= 4 is 68.2 Å². The van der Waals surface area contributed by atoms with Gasteiger partial charge in [0, 0.05) is 73.0 Å². The summed E-state index contributed by atoms with van der Waals surface area (Å²) in [4.78, 5) is 75.6. The fourth-order valence-electron chi connectivity index (χ4n) is 8.22. The number of unbranched alkanes of at least 4 members (excludes halogenated alkanes) is 3. The fourth-order valence-corrected chi connectivity index (χ4v) is 9.03. The minimum atomic E-state index is -0.276. The minimum absolute atomic E-state index is 0.00786. The fraction of sp³-hybridized carbons (Fsp3) is 0.467. The number of benzene rings is 1. The van der Waals surface area contributed by atoms with Gasteiger partial charge in [0.05, 0.1) is 29.7 Å². The summed E-state index contributed by atoms with van der Waals surface area (Å²) < 4.78 is 1.71. The van der Waals surface area contributed by atoms with Crippen LogP contribution in [0, 0.1) is 27.7 Å². The predicted molar refractivity (Wildman–Crippen MR) is 243 cm³/mol. The van der Waals surface area contributed by atoms with E-state index in [4.69, 9.17) is 4.98 Å². The third kappa shape index (κ3) is 10.6. The Labute approximate surface area is 360 Å². The van der Waals surface area contributed by atoms with Gasteiger partial charge in [0.1, 0.15) is 11.5 Å². The highest BCUT2D eigenvalue weighted by atomic mass is 32.1. The van der Waals surface area contributed by atoms with Crippen LogP contribution in [0.15, 0.2) is 47.5 Å². The molecule has 1 aliphatic heterocycles. The van der Waals surface area contributed by atoms with Gasteiger partial charge in [-0.15, -0.1) is 11.3 Å². The van der Waals surface area contributed by atoms with Crippen molar-refractivity contribution in [2.24, 2.45) is 0 Å². The third-order valence-corrected chi connectivity index (χ3v) is 12.8. The van der Waals surface area contributed by atoms with Gasteiger partial charge in [-0.3, -0.25) is 34.0 Å². The van der Waals surface area contributed by atoms with E-state index in [0.717, 1.165) is 112 Å². The van der Waals surface area contributed by atoms with Gasteiger partial charge in [-0.25, -0.2) is 15.0 Å². The van der Waals surface area contributed by atoms with E-state index in [1.54, 1.807) is 17.7 Å². The Balaban J connectivity index is 0.796. The number of anilines is 5. The van der Waals surface area contributed by atoms with Crippen LogP contribution in [0.2, 0.25) is 0 Å². The molecule has 61 heavy (non-hydrogen) atoms. The van der Waals surface area contributed by atoms with Crippen LogP contribution < -0.4 is 31.7 Å². The third-order valence-electron chi connectivity index (χ3n) is 11.8. The Morgan fingerprint density at radius 1 is 0.869 bits per heavy atom. The summed E-state index contributed by atoms with van der Waals surface area (Å²) >= 11 is 1.48. The van der Waals surface area contributed by atoms with Crippen molar-refractivity contribution in [2.45, 2.75) is 92.0 Å². The number of aromatic nitrogens is 5. The lowest BCUT2D eigenvalue weighted by atomic mass is 10.0. The minimum Gasteiger partial charge on any atom is -0.385 e. The van der Waals surface area contributed by atoms with E-state index in [-0.39, 0.29) is 34.8 Å². The Hall–Kier alpha value is -5.74. The normalized spacial score (nSPS) is 14.7. The first-order valence-corrected chi connectivity index (χ1v) is 22.3. The zero-order valence-corrected chi connectivity index (χ0v) is 36.7. The molecule has 5 aromatic rings. The van der Waals surface area contributed by atoms with Gasteiger partial charge >= 0.3 is 0 Å². The van der Waals surface area contributed by atoms with Crippen LogP contribution in [0.25, 0.3) is 11.0 Å². The number of nitrogens with one attached hydrogen (secondary N) is 4. The van der Waals surface area contributed by atoms with Crippen molar-refractivity contribution in [3.05, 3.63) is 85.9 Å². The molecule has 0 atom stereocenters. The number of Topliss-reactive ketones (excluding diaryl/α,β-unsaturated/α-hetero) is 1. The van der Waals surface area contributed by atoms with E-state index in [1.807, 2.05) is 57.3 Å². The molecule has 0 unspecified atom stereocenters. The number of nitrogens with zero attached hydrogens (tertiary/aromatic N) is 7. The molecule has 1 saturated carbocycles. The van der Waals surface area contributed by atoms with Gasteiger partial charge in [-0.1, -0.05) is 31.7 Å². The molecule has 1 saturated heterocycles. The molecule has 0 bridgehead atoms. The van der Waals surface area contributed by atoms with Gasteiger partial charge in [-0.2, -0.15) is 4.98 Å². The molecule has 1 aromatic carbocycles. The number of piperazine rings is 1. The number of ketones is 1. The number of rotatable bonds is 17. The summed E-state index contributed by atoms with van der Waals surface area (Å²) in [5, 5.41) is 14.0. The van der Waals surface area contributed by atoms with Gasteiger partial charge in [0.15, 0.2) is 10.9 Å². The topological polar surface area (TPSA) is 179 Å². The van der Waals surface area contributed by atoms with E-state index in [2.05, 4.69) is 46.0 Å². The van der Waals surface area contributed by atoms with Crippen LogP contribution in [-0.4, -0.2) is 92.8 Å². The number of aryl methyl sites for hydroxylation is 4. The molecule has 5 heterocycles. The predicted octanol–water partition coefficient (Wildman–Crippen LogP) is 7.10. The molecule has 16 heteroatoms. The summed E-state index contributed by atoms with van der Waals surface area (Å²) in [6, 6.07) is 9.78. The van der Waals surface area contributed by atoms with Crippen LogP contribution >= 0.6 is 11.3 Å². The summed E-state index contributed by atoms with van der Waals surface area (Å²) in [5.74, 6) is 0.575. The zero-order chi connectivity index (χ0) is 43.0. The Morgan fingerprint density at radius 2 is 1.62 bits per heavy atom. The van der Waals surface area contributed by atoms with Gasteiger partial charge in [0.2, 0.25) is 11.9 Å². The van der Waals surface area contributed by atoms with Crippen molar-refractivity contribution in [1.29, 1.82) is 0 Å². The lowest BCUT2D eigenvalue weighted by molar-refractivity contribution is -0.122. The van der Waals surface area contributed by atoms with Gasteiger partial charge in [0.25, 0.3) is 11.5 Å². The highest BCUT2D eigenvalue weighted by molar-refractivity contribution is 7.15. The SMILES string of the molecule is CC(=O)c1c(C)c2cnc(Nc3ccc(N4CCN(CC(=O)NCCCCCCNc5ccc(C)c(C(=O)Nc6nc(C)c(C)s6)c5)CC4)cn3)nc2n(C2CCCC2)c1=O. The first-order valence-electron chi connectivity index (χ1n) is 21.4. The van der Waals surface area contributed by atoms with Gasteiger partial charge in [-0.05, 0) is 95.7 Å². The van der Waals surface area contributed by atoms with E-state index >= 15 is 0 Å². The first kappa shape index (κ1) is 43.4. The molecular formula is C45H57N11O4S. The molecule has 1 aliphatic carbocycles. The highest BCUT2D eigenvalue weighted by Gasteiger charge is 2.26. The number of carbonyl (C=O) groups is 3. The van der Waals surface area contributed by atoms with Crippen molar-refractivity contribution in [2.75, 3.05) is 66.7 Å². The smallest absolute Gasteiger partial charge is 0.263 e. The average molecular weight is 848 g/mol. The van der Waals surface area contributed by atoms with E-state index in [0.29, 0.717) is 52.1 Å². The Morgan fingerprint density at radius 3 is 2.31 bits per heavy atom. The maximum atomic E-state index is 13.6. The van der Waals surface area contributed by atoms with Crippen molar-refractivity contribution in [1.82, 2.24) is 34.7 Å². The van der Waals surface area contributed by atoms with E-state index in [1.165, 1.54) is 18.3 Å². The number of thiazole rings is 1. The quantitative estimate of drug-likeness (QED) is 0.0552. The molecular weight excluding hydrogens is 791 g/mol. The van der Waals surface area contributed by atoms with Crippen LogP contribution in [-0.2, 0) is 4.79 Å². The molecule has 322 valence electrons. The van der Waals surface area contributed by atoms with Crippen LogP contribution in [0.1, 0.15) is 107 Å². The van der Waals surface area contributed by atoms with Crippen molar-refractivity contribution in [3.8, 4) is 0 Å². The molecule has 15 nitrogen and oxygen atoms in total. The standard InChI is InChI=1S/C45H57N11O4S/c1-28-14-15-33(24-36(28)42(59)53-45-50-30(3)32(5)61-45)46-18-10-6-7-11-19-47-39(58)27-54-20-22-55(23-21-54)35-16-17-38(48-25-35)51-44-49-26-37-29(2)40(31(4)57)43(60)56(41(37)52-44)34-12-8-9-13-34/h14-17,24-26,34,46H,6-13,18-23,27H2,1-5H3,(H,47,58)(H,50,53,59)(H,48,49,51,52). The molecule has 2 amide bonds. The zero-order valence-electron chi connectivity index (χ0n) is 35.9. The summed E-state index contributed by atoms with van der Waals surface area (Å²) in [6.07, 6.45) is 11.3. The summed E-state index contributed by atoms with van der Waals surface area (Å²) in [6.45, 7) is 14.1. The lowest BCUT2D eigenvalue weighted by Gasteiger charge is -2.35. The maximum absolute atomic E-state index is 13.6. The van der Waals surface area contributed by atoms with Crippen LogP contribution in [0.3, 0.4) is 0 Å². The van der Waals surface area contributed by atoms with E-state index < -0.39 is 0 Å². The Bertz CT molecular complexity index is 2410. The second kappa shape index (κ2) is 19.8. The molecule has 0 radical (unpaired) electrons. The second-order valence-corrected chi connectivity index (χ2v) is 17.4. The molecule has 4 aromatic heterocycles. The molecule has 7 rings (SSSR count). The van der Waals surface area contributed by atoms with Crippen LogP contribution in [0.4, 0.5) is 28.3 Å².